The lowest BCUT2D eigenvalue weighted by Gasteiger charge is -2.19. The van der Waals surface area contributed by atoms with Crippen LogP contribution in [0.25, 0.3) is 38.2 Å². The summed E-state index contributed by atoms with van der Waals surface area (Å²) < 4.78 is 68.8. The van der Waals surface area contributed by atoms with E-state index in [4.69, 9.17) is 13.5 Å². The number of ether oxygens (including phenoxy) is 1. The van der Waals surface area contributed by atoms with Gasteiger partial charge < -0.3 is 14.2 Å². The maximum absolute atomic E-state index is 11.4. The van der Waals surface area contributed by atoms with Crippen LogP contribution in [0.4, 0.5) is 5.69 Å². The number of aryl methyl sites for hydroxylation is 1. The first-order valence-electron chi connectivity index (χ1n) is 13.7. The number of rotatable bonds is 11. The highest BCUT2D eigenvalue weighted by molar-refractivity contribution is 7.85. The molecule has 1 aliphatic heterocycles. The second kappa shape index (κ2) is 12.5. The average molecular weight is 637 g/mol. The zero-order valence-electron chi connectivity index (χ0n) is 22.9. The van der Waals surface area contributed by atoms with E-state index < -0.39 is 27.2 Å². The van der Waals surface area contributed by atoms with Crippen molar-refractivity contribution in [3.05, 3.63) is 95.8 Å². The van der Waals surface area contributed by atoms with Crippen LogP contribution in [-0.4, -0.2) is 40.6 Å². The summed E-state index contributed by atoms with van der Waals surface area (Å²) in [5.74, 6) is 0.666. The van der Waals surface area contributed by atoms with Crippen molar-refractivity contribution in [2.75, 3.05) is 23.8 Å². The Balaban J connectivity index is 1.43. The summed E-state index contributed by atoms with van der Waals surface area (Å²) in [7, 11) is -4.37. The third-order valence-corrected chi connectivity index (χ3v) is 9.44. The van der Waals surface area contributed by atoms with Gasteiger partial charge >= 0.3 is 11.4 Å². The van der Waals surface area contributed by atoms with Gasteiger partial charge in [0, 0.05) is 18.7 Å². The molecule has 0 aliphatic carbocycles. The first kappa shape index (κ1) is 29.4. The predicted octanol–water partition coefficient (Wildman–Crippen LogP) is 5.69. The summed E-state index contributed by atoms with van der Waals surface area (Å²) in [6.45, 7) is 0.889. The normalized spacial score (nSPS) is 14.8. The topological polar surface area (TPSA) is 120 Å². The largest absolute Gasteiger partial charge is 0.748 e. The molecule has 0 bridgehead atoms. The van der Waals surface area contributed by atoms with Gasteiger partial charge in [0.15, 0.2) is 12.3 Å². The summed E-state index contributed by atoms with van der Waals surface area (Å²) in [6.07, 6.45) is 2.56. The van der Waals surface area contributed by atoms with E-state index in [0.717, 1.165) is 42.8 Å². The van der Waals surface area contributed by atoms with E-state index in [9.17, 15) is 17.2 Å². The SMILES string of the molecule is O=S(O)OCCC[n+]1c(C=C2Oc3ccc(-c4ccccc4)cc3N2CCCS(=O)(=O)[O-])sc2ccc3ccccc3c21. The molecule has 0 radical (unpaired) electrons. The van der Waals surface area contributed by atoms with Gasteiger partial charge in [-0.3, -0.25) is 8.74 Å². The minimum atomic E-state index is -4.37. The number of anilines is 1. The van der Waals surface area contributed by atoms with Gasteiger partial charge in [-0.2, -0.15) is 8.78 Å². The quantitative estimate of drug-likeness (QED) is 0.0851. The van der Waals surface area contributed by atoms with Gasteiger partial charge in [0.1, 0.15) is 4.70 Å². The fourth-order valence-electron chi connectivity index (χ4n) is 5.31. The Kier molecular flexibility index (Phi) is 8.57. The van der Waals surface area contributed by atoms with E-state index in [-0.39, 0.29) is 19.6 Å². The van der Waals surface area contributed by atoms with Crippen molar-refractivity contribution in [3.8, 4) is 16.9 Å². The highest BCUT2D eigenvalue weighted by Crippen LogP contribution is 2.42. The van der Waals surface area contributed by atoms with E-state index >= 15 is 0 Å². The fraction of sp³-hybridized carbons (Fsp3) is 0.194. The van der Waals surface area contributed by atoms with Crippen molar-refractivity contribution >= 4 is 65.6 Å². The van der Waals surface area contributed by atoms with Crippen LogP contribution in [0.5, 0.6) is 5.75 Å². The molecule has 43 heavy (non-hydrogen) atoms. The highest BCUT2D eigenvalue weighted by Gasteiger charge is 2.30. The van der Waals surface area contributed by atoms with E-state index in [1.165, 1.54) is 0 Å². The first-order valence-corrected chi connectivity index (χ1v) is 17.1. The van der Waals surface area contributed by atoms with Gasteiger partial charge in [-0.1, -0.05) is 72.0 Å². The van der Waals surface area contributed by atoms with Crippen molar-refractivity contribution < 1.29 is 35.2 Å². The van der Waals surface area contributed by atoms with Crippen LogP contribution >= 0.6 is 11.3 Å². The molecule has 12 heteroatoms. The maximum atomic E-state index is 11.4. The van der Waals surface area contributed by atoms with Gasteiger partial charge in [-0.25, -0.2) is 8.42 Å². The first-order chi connectivity index (χ1) is 20.8. The average Bonchev–Trinajstić information content (AvgIpc) is 3.52. The van der Waals surface area contributed by atoms with Crippen LogP contribution in [0.3, 0.4) is 0 Å². The molecule has 4 aromatic carbocycles. The van der Waals surface area contributed by atoms with E-state index in [0.29, 0.717) is 24.6 Å². The molecule has 1 N–H and O–H groups in total. The number of fused-ring (bicyclic) bond motifs is 4. The molecule has 222 valence electrons. The van der Waals surface area contributed by atoms with Gasteiger partial charge in [-0.15, -0.1) is 0 Å². The van der Waals surface area contributed by atoms with Crippen LogP contribution in [0, 0.1) is 0 Å². The van der Waals surface area contributed by atoms with Crippen molar-refractivity contribution in [1.29, 1.82) is 0 Å². The van der Waals surface area contributed by atoms with Crippen LogP contribution in [0.1, 0.15) is 17.8 Å². The number of aromatic nitrogens is 1. The Morgan fingerprint density at radius 3 is 2.58 bits per heavy atom. The molecule has 5 aromatic rings. The molecule has 0 amide bonds. The minimum absolute atomic E-state index is 0.105. The number of thiazole rings is 1. The standard InChI is InChI=1S/C31H28N2O7S3/c34-42(35)39-18-6-16-33-30(41-28-15-13-23-10-4-5-11-25(23)31(28)33)21-29-32(17-7-19-43(36,37)38)26-20-24(12-14-27(26)40-29)22-8-2-1-3-9-22/h1-5,8-15,20-21H,6-7,16-19H2,(H-,34,35,36,37,38). The number of benzene rings is 4. The third-order valence-electron chi connectivity index (χ3n) is 7.18. The monoisotopic (exact) mass is 636 g/mol. The van der Waals surface area contributed by atoms with Crippen LogP contribution < -0.4 is 14.2 Å². The number of nitrogens with zero attached hydrogens (tertiary/aromatic N) is 2. The molecular weight excluding hydrogens is 609 g/mol. The predicted molar refractivity (Wildman–Crippen MR) is 168 cm³/mol. The molecular formula is C31H28N2O7S3. The van der Waals surface area contributed by atoms with Crippen molar-refractivity contribution in [3.63, 3.8) is 0 Å². The Morgan fingerprint density at radius 1 is 1.00 bits per heavy atom. The lowest BCUT2D eigenvalue weighted by molar-refractivity contribution is -0.668. The lowest BCUT2D eigenvalue weighted by Crippen LogP contribution is -2.36. The number of hydrogen-bond acceptors (Lipinski definition) is 8. The molecule has 0 saturated carbocycles. The summed E-state index contributed by atoms with van der Waals surface area (Å²) in [5, 5.41) is 3.05. The second-order valence-electron chi connectivity index (χ2n) is 10.0. The molecule has 1 unspecified atom stereocenters. The third kappa shape index (κ3) is 6.64. The van der Waals surface area contributed by atoms with Crippen molar-refractivity contribution in [1.82, 2.24) is 0 Å². The van der Waals surface area contributed by atoms with Crippen molar-refractivity contribution in [2.45, 2.75) is 19.4 Å². The van der Waals surface area contributed by atoms with Crippen molar-refractivity contribution in [2.24, 2.45) is 0 Å². The molecule has 2 heterocycles. The molecule has 0 fully saturated rings. The minimum Gasteiger partial charge on any atom is -0.748 e. The van der Waals surface area contributed by atoms with Gasteiger partial charge in [0.2, 0.25) is 11.4 Å². The Morgan fingerprint density at radius 2 is 1.79 bits per heavy atom. The Bertz CT molecular complexity index is 1960. The molecule has 6 rings (SSSR count). The van der Waals surface area contributed by atoms with E-state index in [2.05, 4.69) is 28.8 Å². The molecule has 1 aromatic heterocycles. The smallest absolute Gasteiger partial charge is 0.301 e. The Labute approximate surface area is 255 Å². The van der Waals surface area contributed by atoms with Gasteiger partial charge in [-0.05, 0) is 47.2 Å². The lowest BCUT2D eigenvalue weighted by atomic mass is 10.0. The van der Waals surface area contributed by atoms with Gasteiger partial charge in [0.05, 0.1) is 33.9 Å². The fourth-order valence-corrected chi connectivity index (χ4v) is 7.18. The van der Waals surface area contributed by atoms with E-state index in [1.54, 1.807) is 11.3 Å². The number of hydrogen-bond donors (Lipinski definition) is 1. The molecule has 9 nitrogen and oxygen atoms in total. The summed E-state index contributed by atoms with van der Waals surface area (Å²) in [5.41, 5.74) is 3.83. The zero-order chi connectivity index (χ0) is 30.0. The summed E-state index contributed by atoms with van der Waals surface area (Å²) in [6, 6.07) is 28.1. The summed E-state index contributed by atoms with van der Waals surface area (Å²) in [4.78, 5) is 1.91. The Hall–Kier alpha value is -3.65. The molecule has 1 aliphatic rings. The van der Waals surface area contributed by atoms with Gasteiger partial charge in [0.25, 0.3) is 5.01 Å². The zero-order valence-corrected chi connectivity index (χ0v) is 25.4. The van der Waals surface area contributed by atoms with Crippen LogP contribution in [-0.2, 0) is 32.2 Å². The van der Waals surface area contributed by atoms with Crippen LogP contribution in [0.2, 0.25) is 0 Å². The molecule has 0 saturated heterocycles. The second-order valence-corrected chi connectivity index (χ2v) is 13.3. The molecule has 1 atom stereocenters. The van der Waals surface area contributed by atoms with E-state index in [1.807, 2.05) is 71.6 Å². The van der Waals surface area contributed by atoms with Crippen LogP contribution in [0.15, 0.2) is 90.8 Å². The molecule has 0 spiro atoms. The maximum Gasteiger partial charge on any atom is 0.301 e. The summed E-state index contributed by atoms with van der Waals surface area (Å²) >= 11 is -0.753. The highest BCUT2D eigenvalue weighted by atomic mass is 32.2.